The number of methoxy groups -OCH3 is 1. The van der Waals surface area contributed by atoms with Gasteiger partial charge in [-0.2, -0.15) is 0 Å². The van der Waals surface area contributed by atoms with Crippen LogP contribution in [0.4, 0.5) is 0 Å². The summed E-state index contributed by atoms with van der Waals surface area (Å²) < 4.78 is 8.85. The molecule has 1 aromatic heterocycles. The van der Waals surface area contributed by atoms with Gasteiger partial charge in [-0.3, -0.25) is 14.5 Å². The van der Waals surface area contributed by atoms with Crippen molar-refractivity contribution in [2.24, 2.45) is 0 Å². The first-order chi connectivity index (χ1) is 20.4. The molecular weight excluding hydrogens is 548 g/mol. The molecule has 7 nitrogen and oxygen atoms in total. The molecule has 8 heteroatoms. The normalized spacial score (nSPS) is 17.1. The summed E-state index contributed by atoms with van der Waals surface area (Å²) in [5.74, 6) is 0.0360. The van der Waals surface area contributed by atoms with Gasteiger partial charge in [0.1, 0.15) is 30.3 Å². The Labute approximate surface area is 249 Å². The molecule has 0 saturated carbocycles. The number of ketones is 1. The first kappa shape index (κ1) is 28.1. The Hall–Kier alpha value is -4.01. The second-order valence-electron chi connectivity index (χ2n) is 11.1. The molecule has 1 atom stereocenters. The van der Waals surface area contributed by atoms with Crippen LogP contribution in [0.3, 0.4) is 0 Å². The molecule has 2 aliphatic heterocycles. The highest BCUT2D eigenvalue weighted by molar-refractivity contribution is 7.22. The smallest absolute Gasteiger partial charge is 0.320 e. The van der Waals surface area contributed by atoms with Crippen molar-refractivity contribution in [3.63, 3.8) is 0 Å². The lowest BCUT2D eigenvalue weighted by atomic mass is 9.96. The number of carboxylic acid groups (broad SMARTS) is 1. The largest absolute Gasteiger partial charge is 0.508 e. The number of hydrogen-bond donors (Lipinski definition) is 2. The lowest BCUT2D eigenvalue weighted by molar-refractivity contribution is -0.532. The third kappa shape index (κ3) is 5.69. The van der Waals surface area contributed by atoms with Crippen LogP contribution in [-0.4, -0.2) is 70.4 Å². The number of nitrogens with zero attached hydrogens (tertiary/aromatic N) is 2. The van der Waals surface area contributed by atoms with E-state index >= 15 is 0 Å². The minimum Gasteiger partial charge on any atom is -0.508 e. The molecule has 1 saturated heterocycles. The Kier molecular flexibility index (Phi) is 8.09. The quantitative estimate of drug-likeness (QED) is 0.176. The van der Waals surface area contributed by atoms with E-state index < -0.39 is 5.97 Å². The highest BCUT2D eigenvalue weighted by Gasteiger charge is 2.30. The Morgan fingerprint density at radius 2 is 1.90 bits per heavy atom. The lowest BCUT2D eigenvalue weighted by Crippen LogP contribution is -2.37. The predicted octanol–water partition coefficient (Wildman–Crippen LogP) is 5.98. The molecule has 216 valence electrons. The van der Waals surface area contributed by atoms with Crippen molar-refractivity contribution in [2.75, 3.05) is 26.7 Å². The van der Waals surface area contributed by atoms with Crippen LogP contribution in [-0.2, 0) is 17.8 Å². The van der Waals surface area contributed by atoms with E-state index in [1.54, 1.807) is 19.2 Å². The minimum absolute atomic E-state index is 0.0858. The van der Waals surface area contributed by atoms with Crippen molar-refractivity contribution in [1.29, 1.82) is 0 Å². The summed E-state index contributed by atoms with van der Waals surface area (Å²) in [4.78, 5) is 28.6. The number of thiophene rings is 1. The zero-order valence-corrected chi connectivity index (χ0v) is 24.5. The number of rotatable bonds is 10. The molecule has 1 fully saturated rings. The molecule has 0 aliphatic carbocycles. The number of likely N-dealkylation sites (tertiary alicyclic amines) is 1. The number of phenols is 1. The highest BCUT2D eigenvalue weighted by Crippen LogP contribution is 2.41. The summed E-state index contributed by atoms with van der Waals surface area (Å²) in [6.07, 6.45) is 6.86. The van der Waals surface area contributed by atoms with Crippen LogP contribution >= 0.6 is 11.3 Å². The molecule has 3 heterocycles. The summed E-state index contributed by atoms with van der Waals surface area (Å²) in [5.41, 5.74) is 4.28. The molecule has 4 aromatic rings. The number of aliphatic carboxylic acids is 1. The van der Waals surface area contributed by atoms with Crippen molar-refractivity contribution in [2.45, 2.75) is 44.7 Å². The van der Waals surface area contributed by atoms with Crippen LogP contribution in [0.1, 0.15) is 52.7 Å². The Morgan fingerprint density at radius 3 is 2.64 bits per heavy atom. The van der Waals surface area contributed by atoms with Gasteiger partial charge in [0.25, 0.3) is 0 Å². The van der Waals surface area contributed by atoms with E-state index in [2.05, 4.69) is 27.8 Å². The van der Waals surface area contributed by atoms with Gasteiger partial charge in [0.15, 0.2) is 12.3 Å². The number of aromatic hydroxyl groups is 1. The van der Waals surface area contributed by atoms with E-state index in [9.17, 15) is 19.8 Å². The number of carboxylic acids is 1. The maximum atomic E-state index is 14.1. The summed E-state index contributed by atoms with van der Waals surface area (Å²) in [5, 5.41) is 20.5. The van der Waals surface area contributed by atoms with Crippen LogP contribution in [0, 0.1) is 0 Å². The van der Waals surface area contributed by atoms with Gasteiger partial charge in [-0.15, -0.1) is 11.3 Å². The standard InChI is InChI=1S/C34H34N2O5S/c1-41-29-19-24(10-11-25(29)21-35-15-2-3-16-35)32(38)31-27-13-12-26(37)20-30(27)42-33(31)23-8-6-22(7-9-23)14-18-36-17-4-5-28(36)34(39)40/h6-13,15,19-20,28H,2-5,14,16-18,21H2,1H3,(H-,37,39,40)/p+1/t28-/m0/s1. The molecule has 0 bridgehead atoms. The maximum Gasteiger partial charge on any atom is 0.320 e. The first-order valence-corrected chi connectivity index (χ1v) is 15.3. The number of carbonyl (C=O) groups is 2. The van der Waals surface area contributed by atoms with E-state index in [1.807, 2.05) is 36.4 Å². The molecule has 0 amide bonds. The molecule has 0 spiro atoms. The molecule has 42 heavy (non-hydrogen) atoms. The number of hydrogen-bond acceptors (Lipinski definition) is 6. The fourth-order valence-electron chi connectivity index (χ4n) is 6.17. The van der Waals surface area contributed by atoms with Crippen LogP contribution in [0.15, 0.2) is 60.7 Å². The van der Waals surface area contributed by atoms with E-state index in [4.69, 9.17) is 4.74 Å². The number of ether oxygens (including phenoxy) is 1. The number of carbonyl (C=O) groups excluding carboxylic acids is 1. The molecule has 6 rings (SSSR count). The monoisotopic (exact) mass is 583 g/mol. The highest BCUT2D eigenvalue weighted by atomic mass is 32.1. The van der Waals surface area contributed by atoms with Crippen LogP contribution in [0.2, 0.25) is 0 Å². The van der Waals surface area contributed by atoms with E-state index in [-0.39, 0.29) is 17.6 Å². The average Bonchev–Trinajstić information content (AvgIpc) is 3.76. The molecular formula is C34H35N2O5S+. The van der Waals surface area contributed by atoms with Gasteiger partial charge >= 0.3 is 5.97 Å². The van der Waals surface area contributed by atoms with Gasteiger partial charge in [0.05, 0.1) is 12.7 Å². The predicted molar refractivity (Wildman–Crippen MR) is 165 cm³/mol. The van der Waals surface area contributed by atoms with Gasteiger partial charge in [0, 0.05) is 45.5 Å². The van der Waals surface area contributed by atoms with Gasteiger partial charge in [0.2, 0.25) is 0 Å². The summed E-state index contributed by atoms with van der Waals surface area (Å²) in [6.45, 7) is 3.30. The third-order valence-corrected chi connectivity index (χ3v) is 9.61. The average molecular weight is 584 g/mol. The summed E-state index contributed by atoms with van der Waals surface area (Å²) >= 11 is 1.50. The molecule has 0 unspecified atom stereocenters. The van der Waals surface area contributed by atoms with Gasteiger partial charge in [-0.1, -0.05) is 30.3 Å². The van der Waals surface area contributed by atoms with E-state index in [0.29, 0.717) is 29.8 Å². The van der Waals surface area contributed by atoms with Crippen LogP contribution in [0.25, 0.3) is 20.5 Å². The topological polar surface area (TPSA) is 90.1 Å². The van der Waals surface area contributed by atoms with Crippen molar-refractivity contribution in [3.8, 4) is 21.9 Å². The van der Waals surface area contributed by atoms with Crippen molar-refractivity contribution >= 4 is 39.4 Å². The number of phenolic OH excluding ortho intramolecular Hbond substituents is 1. The maximum absolute atomic E-state index is 14.1. The van der Waals surface area contributed by atoms with E-state index in [1.165, 1.54) is 11.3 Å². The summed E-state index contributed by atoms with van der Waals surface area (Å²) in [6, 6.07) is 18.7. The second kappa shape index (κ2) is 12.1. The third-order valence-electron chi connectivity index (χ3n) is 8.41. The van der Waals surface area contributed by atoms with Crippen LogP contribution < -0.4 is 4.74 Å². The van der Waals surface area contributed by atoms with Crippen LogP contribution in [0.5, 0.6) is 11.5 Å². The Bertz CT molecular complexity index is 1670. The number of fused-ring (bicyclic) bond motifs is 1. The van der Waals surface area contributed by atoms with E-state index in [0.717, 1.165) is 77.0 Å². The SMILES string of the molecule is COc1cc(C(=O)c2c(-c3ccc(CCN4CCC[C@H]4C(=O)O)cc3)sc3cc(O)ccc23)ccc1C[N+]1=CCCC1. The molecule has 2 N–H and O–H groups in total. The van der Waals surface area contributed by atoms with Crippen molar-refractivity contribution in [1.82, 2.24) is 4.90 Å². The zero-order chi connectivity index (χ0) is 29.2. The van der Waals surface area contributed by atoms with Crippen molar-refractivity contribution in [3.05, 3.63) is 82.9 Å². The fourth-order valence-corrected chi connectivity index (χ4v) is 7.40. The van der Waals surface area contributed by atoms with Gasteiger partial charge in [-0.05, 0) is 67.3 Å². The summed E-state index contributed by atoms with van der Waals surface area (Å²) in [7, 11) is 1.64. The second-order valence-corrected chi connectivity index (χ2v) is 12.2. The fraction of sp³-hybridized carbons (Fsp3) is 0.324. The minimum atomic E-state index is -0.742. The molecule has 3 aromatic carbocycles. The molecule has 0 radical (unpaired) electrons. The zero-order valence-electron chi connectivity index (χ0n) is 23.7. The van der Waals surface area contributed by atoms with Crippen molar-refractivity contribution < 1.29 is 29.1 Å². The first-order valence-electron chi connectivity index (χ1n) is 14.5. The van der Waals surface area contributed by atoms with Gasteiger partial charge < -0.3 is 14.9 Å². The Morgan fingerprint density at radius 1 is 1.07 bits per heavy atom. The van der Waals surface area contributed by atoms with Gasteiger partial charge in [-0.25, -0.2) is 4.58 Å². The number of benzene rings is 3. The Balaban J connectivity index is 1.30. The molecule has 2 aliphatic rings. The lowest BCUT2D eigenvalue weighted by Gasteiger charge is -2.20.